The first-order valence-corrected chi connectivity index (χ1v) is 8.85. The monoisotopic (exact) mass is 571 g/mol. The van der Waals surface area contributed by atoms with Crippen molar-refractivity contribution in [2.24, 2.45) is 0 Å². The topological polar surface area (TPSA) is 60.8 Å². The molecule has 206 valence electrons. The molecule has 34 heavy (non-hydrogen) atoms. The van der Waals surface area contributed by atoms with Crippen LogP contribution < -0.4 is 0 Å². The maximum atomic E-state index is 13.7. The molecule has 2 atom stereocenters. The van der Waals surface area contributed by atoms with Crippen LogP contribution in [0.15, 0.2) is 0 Å². The van der Waals surface area contributed by atoms with Crippen molar-refractivity contribution in [2.75, 3.05) is 13.1 Å². The number of hydrogen-bond acceptors (Lipinski definition) is 2. The van der Waals surface area contributed by atoms with Crippen LogP contribution in [0.3, 0.4) is 0 Å². The minimum Gasteiger partial charge on any atom is -0.385 e. The Balaban J connectivity index is 6.68. The zero-order valence-corrected chi connectivity index (χ0v) is 16.4. The van der Waals surface area contributed by atoms with E-state index < -0.39 is 78.1 Å². The first-order valence-electron chi connectivity index (χ1n) is 7.79. The Bertz CT molecular complexity index is 753. The van der Waals surface area contributed by atoms with Gasteiger partial charge >= 0.3 is 47.6 Å². The van der Waals surface area contributed by atoms with Crippen molar-refractivity contribution in [3.05, 3.63) is 0 Å². The molecule has 0 aliphatic heterocycles. The Kier molecular flexibility index (Phi) is 8.74. The Morgan fingerprint density at radius 1 is 0.647 bits per heavy atom. The van der Waals surface area contributed by atoms with Crippen LogP contribution in [0.4, 0.5) is 74.6 Å². The Morgan fingerprint density at radius 3 is 1.21 bits per heavy atom. The van der Waals surface area contributed by atoms with Crippen molar-refractivity contribution in [2.45, 2.75) is 60.7 Å². The largest absolute Gasteiger partial charge is 0.460 e. The first-order chi connectivity index (χ1) is 14.5. The molecular weight excluding hydrogens is 561 g/mol. The molecule has 0 spiro atoms. The summed E-state index contributed by atoms with van der Waals surface area (Å²) in [6.45, 7) is -2.36. The fraction of sp³-hybridized carbons (Fsp3) is 1.00. The Labute approximate surface area is 179 Å². The van der Waals surface area contributed by atoms with E-state index in [0.717, 1.165) is 6.92 Å². The molecule has 0 aromatic rings. The fourth-order valence-electron chi connectivity index (χ4n) is 2.00. The lowest BCUT2D eigenvalue weighted by Crippen LogP contribution is -2.75. The summed E-state index contributed by atoms with van der Waals surface area (Å²) in [4.78, 5) is 0. The van der Waals surface area contributed by atoms with Crippen LogP contribution in [0.5, 0.6) is 0 Å². The molecule has 2 N–H and O–H groups in total. The molecule has 22 heteroatoms. The highest BCUT2D eigenvalue weighted by Crippen LogP contribution is 2.64. The standard InChI is InChI=1S/C12H10F17NO3S/c1-2-30(34(32)33)3-4(31)5(13,14)6(15,16)7(17,18)8(19,20)9(21,22)10(23,24)11(25,26)12(27,28)29/h4,31H,2-3H2,1H3,(H,32,33). The number of rotatable bonds is 11. The van der Waals surface area contributed by atoms with Crippen LogP contribution in [0, 0.1) is 0 Å². The summed E-state index contributed by atoms with van der Waals surface area (Å²) in [5.74, 6) is -58.1. The molecule has 0 aliphatic carbocycles. The second kappa shape index (κ2) is 9.05. The highest BCUT2D eigenvalue weighted by molar-refractivity contribution is 7.76. The molecular formula is C12H10F17NO3S. The van der Waals surface area contributed by atoms with Gasteiger partial charge in [0.2, 0.25) is 11.3 Å². The average Bonchev–Trinajstić information content (AvgIpc) is 2.63. The molecule has 0 fully saturated rings. The van der Waals surface area contributed by atoms with E-state index in [1.165, 1.54) is 0 Å². The number of nitrogens with zero attached hydrogens (tertiary/aromatic N) is 1. The highest BCUT2D eigenvalue weighted by atomic mass is 32.2. The summed E-state index contributed by atoms with van der Waals surface area (Å²) in [7, 11) is 0. The van der Waals surface area contributed by atoms with Crippen LogP contribution >= 0.6 is 0 Å². The van der Waals surface area contributed by atoms with Crippen LogP contribution in [-0.4, -0.2) is 85.0 Å². The zero-order chi connectivity index (χ0) is 28.1. The summed E-state index contributed by atoms with van der Waals surface area (Å²) in [5, 5.41) is 8.99. The molecule has 0 aromatic carbocycles. The van der Waals surface area contributed by atoms with E-state index in [4.69, 9.17) is 9.66 Å². The van der Waals surface area contributed by atoms with Gasteiger partial charge in [-0.15, -0.1) is 0 Å². The molecule has 0 saturated carbocycles. The van der Waals surface area contributed by atoms with Gasteiger partial charge < -0.3 is 5.11 Å². The van der Waals surface area contributed by atoms with Crippen molar-refractivity contribution in [3.63, 3.8) is 0 Å². The van der Waals surface area contributed by atoms with Crippen molar-refractivity contribution >= 4 is 11.3 Å². The molecule has 0 heterocycles. The minimum atomic E-state index is -8.77. The first kappa shape index (κ1) is 32.8. The summed E-state index contributed by atoms with van der Waals surface area (Å²) < 4.78 is 242. The van der Waals surface area contributed by atoms with Gasteiger partial charge in [0.05, 0.1) is 0 Å². The molecule has 0 radical (unpaired) electrons. The van der Waals surface area contributed by atoms with Gasteiger partial charge in [0.25, 0.3) is 0 Å². The van der Waals surface area contributed by atoms with Crippen molar-refractivity contribution in [1.82, 2.24) is 4.31 Å². The summed E-state index contributed by atoms with van der Waals surface area (Å²) in [6.07, 6.45) is -12.3. The third kappa shape index (κ3) is 4.53. The number of likely N-dealkylation sites (N-methyl/N-ethyl adjacent to an activating group) is 1. The summed E-state index contributed by atoms with van der Waals surface area (Å²) in [6, 6.07) is 0. The van der Waals surface area contributed by atoms with E-state index in [9.17, 15) is 78.8 Å². The van der Waals surface area contributed by atoms with E-state index in [1.807, 2.05) is 0 Å². The van der Waals surface area contributed by atoms with Crippen molar-refractivity contribution in [3.8, 4) is 0 Å². The molecule has 2 unspecified atom stereocenters. The van der Waals surface area contributed by atoms with E-state index >= 15 is 0 Å². The quantitative estimate of drug-likeness (QED) is 0.277. The lowest BCUT2D eigenvalue weighted by molar-refractivity contribution is -0.464. The number of halogens is 17. The SMILES string of the molecule is CCN(CC(O)C(F)(F)C(F)(F)C(F)(F)C(F)(F)C(F)(F)C(F)(F)C(F)(F)C(F)(F)F)S(=O)O. The third-order valence-corrected chi connectivity index (χ3v) is 4.96. The molecule has 4 nitrogen and oxygen atoms in total. The van der Waals surface area contributed by atoms with Gasteiger partial charge in [0.15, 0.2) is 0 Å². The van der Waals surface area contributed by atoms with Crippen LogP contribution in [0.2, 0.25) is 0 Å². The van der Waals surface area contributed by atoms with Crippen LogP contribution in [-0.2, 0) is 11.3 Å². The maximum absolute atomic E-state index is 13.7. The van der Waals surface area contributed by atoms with Crippen molar-refractivity contribution in [1.29, 1.82) is 0 Å². The van der Waals surface area contributed by atoms with Gasteiger partial charge in [0, 0.05) is 13.1 Å². The predicted octanol–water partition coefficient (Wildman–Crippen LogP) is 4.82. The normalized spacial score (nSPS) is 17.8. The minimum absolute atomic E-state index is 0.322. The van der Waals surface area contributed by atoms with Gasteiger partial charge in [-0.05, 0) is 0 Å². The Hall–Kier alpha value is -1.16. The van der Waals surface area contributed by atoms with Crippen molar-refractivity contribution < 1.29 is 88.5 Å². The second-order valence-electron chi connectivity index (χ2n) is 6.29. The predicted molar refractivity (Wildman–Crippen MR) is 74.7 cm³/mol. The zero-order valence-electron chi connectivity index (χ0n) is 15.6. The lowest BCUT2D eigenvalue weighted by atomic mass is 9.87. The molecule has 0 rings (SSSR count). The highest BCUT2D eigenvalue weighted by Gasteiger charge is 2.95. The molecule has 0 bridgehead atoms. The van der Waals surface area contributed by atoms with E-state index in [0.29, 0.717) is 0 Å². The van der Waals surface area contributed by atoms with E-state index in [2.05, 4.69) is 0 Å². The van der Waals surface area contributed by atoms with Gasteiger partial charge in [0.1, 0.15) is 6.10 Å². The van der Waals surface area contributed by atoms with Gasteiger partial charge in [-0.25, -0.2) is 4.21 Å². The van der Waals surface area contributed by atoms with Gasteiger partial charge in [-0.1, -0.05) is 6.92 Å². The molecule has 0 aliphatic rings. The number of alkyl halides is 17. The number of aliphatic hydroxyl groups excluding tert-OH is 1. The molecule has 0 aromatic heterocycles. The van der Waals surface area contributed by atoms with Crippen LogP contribution in [0.1, 0.15) is 6.92 Å². The smallest absolute Gasteiger partial charge is 0.385 e. The second-order valence-corrected chi connectivity index (χ2v) is 7.27. The number of aliphatic hydroxyl groups is 1. The van der Waals surface area contributed by atoms with E-state index in [1.54, 1.807) is 0 Å². The molecule has 0 saturated heterocycles. The third-order valence-electron chi connectivity index (χ3n) is 4.12. The van der Waals surface area contributed by atoms with Gasteiger partial charge in [-0.3, -0.25) is 4.55 Å². The maximum Gasteiger partial charge on any atom is 0.460 e. The lowest BCUT2D eigenvalue weighted by Gasteiger charge is -2.43. The average molecular weight is 571 g/mol. The molecule has 0 amide bonds. The fourth-order valence-corrected chi connectivity index (χ4v) is 2.49. The van der Waals surface area contributed by atoms with Crippen LogP contribution in [0.25, 0.3) is 0 Å². The van der Waals surface area contributed by atoms with Gasteiger partial charge in [-0.2, -0.15) is 78.9 Å². The summed E-state index contributed by atoms with van der Waals surface area (Å²) >= 11 is -3.42. The summed E-state index contributed by atoms with van der Waals surface area (Å²) in [5.41, 5.74) is 0. The number of hydrogen-bond donors (Lipinski definition) is 2. The van der Waals surface area contributed by atoms with E-state index in [-0.39, 0.29) is 4.31 Å². The Morgan fingerprint density at radius 2 is 0.941 bits per heavy atom.